The number of aromatic nitrogens is 1. The molecule has 0 fully saturated rings. The zero-order chi connectivity index (χ0) is 14.1. The fourth-order valence-corrected chi connectivity index (χ4v) is 3.18. The summed E-state index contributed by atoms with van der Waals surface area (Å²) in [6, 6.07) is 7.25. The van der Waals surface area contributed by atoms with Gasteiger partial charge in [0.25, 0.3) is 0 Å². The molecule has 0 bridgehead atoms. The Hall–Kier alpha value is -0.810. The normalized spacial score (nSPS) is 13.3. The molecule has 2 heterocycles. The zero-order valence-electron chi connectivity index (χ0n) is 10.0. The van der Waals surface area contributed by atoms with Crippen LogP contribution in [0, 0.1) is 0 Å². The van der Waals surface area contributed by atoms with Crippen molar-refractivity contribution in [1.82, 2.24) is 4.98 Å². The molecule has 1 aliphatic rings. The van der Waals surface area contributed by atoms with Crippen LogP contribution >= 0.6 is 46.6 Å². The summed E-state index contributed by atoms with van der Waals surface area (Å²) >= 11 is 19.3. The molecular weight excluding hydrogens is 341 g/mol. The number of nitrogens with zero attached hydrogens (tertiary/aromatic N) is 1. The smallest absolute Gasteiger partial charge is 0.162 e. The molecule has 3 rings (SSSR count). The molecule has 7 heteroatoms. The summed E-state index contributed by atoms with van der Waals surface area (Å²) in [7, 11) is 0. The number of rotatable bonds is 2. The number of hydrogen-bond acceptors (Lipinski definition) is 4. The van der Waals surface area contributed by atoms with Gasteiger partial charge in [-0.3, -0.25) is 0 Å². The van der Waals surface area contributed by atoms with Gasteiger partial charge in [-0.15, -0.1) is 0 Å². The second-order valence-corrected chi connectivity index (χ2v) is 6.19. The van der Waals surface area contributed by atoms with E-state index >= 15 is 0 Å². The maximum atomic E-state index is 6.11. The molecule has 1 aromatic carbocycles. The summed E-state index contributed by atoms with van der Waals surface area (Å²) in [4.78, 5) is 5.10. The molecule has 0 spiro atoms. The molecule has 1 aromatic heterocycles. The largest absolute Gasteiger partial charge is 0.486 e. The van der Waals surface area contributed by atoms with Gasteiger partial charge in [-0.1, -0.05) is 46.6 Å². The highest BCUT2D eigenvalue weighted by atomic mass is 35.5. The number of fused-ring (bicyclic) bond motifs is 1. The third-order valence-corrected chi connectivity index (χ3v) is 4.65. The van der Waals surface area contributed by atoms with Crippen molar-refractivity contribution in [3.8, 4) is 11.5 Å². The molecule has 2 aromatic rings. The molecular formula is C13H8Cl3NO2S. The summed E-state index contributed by atoms with van der Waals surface area (Å²) in [6.45, 7) is 1.12. The molecule has 20 heavy (non-hydrogen) atoms. The van der Waals surface area contributed by atoms with Crippen LogP contribution in [-0.4, -0.2) is 18.2 Å². The van der Waals surface area contributed by atoms with E-state index in [1.54, 1.807) is 6.07 Å². The lowest BCUT2D eigenvalue weighted by atomic mass is 10.3. The first-order chi connectivity index (χ1) is 9.63. The SMILES string of the molecule is Clc1cc(Cl)c(Sc2ccc3c(c2)OCCO3)nc1Cl. The Kier molecular flexibility index (Phi) is 4.17. The molecule has 0 atom stereocenters. The Balaban J connectivity index is 1.89. The van der Waals surface area contributed by atoms with Gasteiger partial charge in [-0.2, -0.15) is 0 Å². The first-order valence-electron chi connectivity index (χ1n) is 5.72. The summed E-state index contributed by atoms with van der Waals surface area (Å²) < 4.78 is 11.0. The Labute approximate surface area is 135 Å². The minimum absolute atomic E-state index is 0.233. The number of halogens is 3. The second-order valence-electron chi connectivity index (χ2n) is 3.96. The van der Waals surface area contributed by atoms with Crippen LogP contribution in [0.5, 0.6) is 11.5 Å². The van der Waals surface area contributed by atoms with Crippen LogP contribution in [0.4, 0.5) is 0 Å². The zero-order valence-corrected chi connectivity index (χ0v) is 13.1. The molecule has 0 saturated heterocycles. The van der Waals surface area contributed by atoms with Gasteiger partial charge in [0.15, 0.2) is 11.5 Å². The number of hydrogen-bond donors (Lipinski definition) is 0. The van der Waals surface area contributed by atoms with Crippen LogP contribution in [0.1, 0.15) is 0 Å². The molecule has 0 radical (unpaired) electrons. The van der Waals surface area contributed by atoms with E-state index in [4.69, 9.17) is 44.3 Å². The van der Waals surface area contributed by atoms with Gasteiger partial charge in [0, 0.05) is 4.90 Å². The van der Waals surface area contributed by atoms with Gasteiger partial charge in [0.05, 0.1) is 10.0 Å². The van der Waals surface area contributed by atoms with Crippen LogP contribution < -0.4 is 9.47 Å². The van der Waals surface area contributed by atoms with Crippen molar-refractivity contribution >= 4 is 46.6 Å². The lowest BCUT2D eigenvalue weighted by Gasteiger charge is -2.18. The van der Waals surface area contributed by atoms with Gasteiger partial charge in [0.2, 0.25) is 0 Å². The minimum atomic E-state index is 0.233. The standard InChI is InChI=1S/C13H8Cl3NO2S/c14-8-6-9(15)13(17-12(8)16)20-7-1-2-10-11(5-7)19-4-3-18-10/h1-2,5-6H,3-4H2. The average Bonchev–Trinajstić information content (AvgIpc) is 2.44. The number of ether oxygens (including phenoxy) is 2. The van der Waals surface area contributed by atoms with Crippen molar-refractivity contribution in [2.75, 3.05) is 13.2 Å². The average molecular weight is 349 g/mol. The predicted octanol–water partition coefficient (Wildman–Crippen LogP) is 4.96. The van der Waals surface area contributed by atoms with Crippen molar-refractivity contribution < 1.29 is 9.47 Å². The minimum Gasteiger partial charge on any atom is -0.486 e. The van der Waals surface area contributed by atoms with Crippen LogP contribution in [-0.2, 0) is 0 Å². The molecule has 0 amide bonds. The third kappa shape index (κ3) is 2.93. The van der Waals surface area contributed by atoms with Gasteiger partial charge in [0.1, 0.15) is 23.4 Å². The van der Waals surface area contributed by atoms with E-state index in [0.29, 0.717) is 28.3 Å². The fourth-order valence-electron chi connectivity index (χ4n) is 1.70. The number of benzene rings is 1. The predicted molar refractivity (Wildman–Crippen MR) is 80.8 cm³/mol. The van der Waals surface area contributed by atoms with E-state index < -0.39 is 0 Å². The molecule has 0 aliphatic carbocycles. The van der Waals surface area contributed by atoms with E-state index in [1.165, 1.54) is 11.8 Å². The van der Waals surface area contributed by atoms with Crippen LogP contribution in [0.3, 0.4) is 0 Å². The summed E-state index contributed by atoms with van der Waals surface area (Å²) in [6.07, 6.45) is 0. The maximum Gasteiger partial charge on any atom is 0.162 e. The molecule has 0 unspecified atom stereocenters. The van der Waals surface area contributed by atoms with Crippen LogP contribution in [0.15, 0.2) is 34.2 Å². The van der Waals surface area contributed by atoms with Crippen molar-refractivity contribution in [3.63, 3.8) is 0 Å². The molecule has 1 aliphatic heterocycles. The second kappa shape index (κ2) is 5.90. The van der Waals surface area contributed by atoms with E-state index in [2.05, 4.69) is 4.98 Å². The molecule has 0 N–H and O–H groups in total. The third-order valence-electron chi connectivity index (χ3n) is 2.58. The van der Waals surface area contributed by atoms with Crippen molar-refractivity contribution in [3.05, 3.63) is 39.5 Å². The van der Waals surface area contributed by atoms with Gasteiger partial charge < -0.3 is 9.47 Å². The molecule has 104 valence electrons. The quantitative estimate of drug-likeness (QED) is 0.718. The van der Waals surface area contributed by atoms with Gasteiger partial charge >= 0.3 is 0 Å². The maximum absolute atomic E-state index is 6.11. The topological polar surface area (TPSA) is 31.4 Å². The number of pyridine rings is 1. The van der Waals surface area contributed by atoms with E-state index in [-0.39, 0.29) is 5.15 Å². The lowest BCUT2D eigenvalue weighted by Crippen LogP contribution is -2.15. The van der Waals surface area contributed by atoms with Crippen LogP contribution in [0.2, 0.25) is 15.2 Å². The monoisotopic (exact) mass is 347 g/mol. The summed E-state index contributed by atoms with van der Waals surface area (Å²) in [5, 5.41) is 1.62. The highest BCUT2D eigenvalue weighted by molar-refractivity contribution is 7.99. The molecule has 0 saturated carbocycles. The summed E-state index contributed by atoms with van der Waals surface area (Å²) in [5.74, 6) is 1.46. The highest BCUT2D eigenvalue weighted by Crippen LogP contribution is 2.39. The van der Waals surface area contributed by atoms with Crippen LogP contribution in [0.25, 0.3) is 0 Å². The van der Waals surface area contributed by atoms with Crippen molar-refractivity contribution in [2.24, 2.45) is 0 Å². The van der Waals surface area contributed by atoms with E-state index in [9.17, 15) is 0 Å². The summed E-state index contributed by atoms with van der Waals surface area (Å²) in [5.41, 5.74) is 0. The Morgan fingerprint density at radius 2 is 1.70 bits per heavy atom. The first-order valence-corrected chi connectivity index (χ1v) is 7.67. The van der Waals surface area contributed by atoms with Crippen molar-refractivity contribution in [2.45, 2.75) is 9.92 Å². The van der Waals surface area contributed by atoms with Gasteiger partial charge in [-0.05, 0) is 24.3 Å². The fraction of sp³-hybridized carbons (Fsp3) is 0.154. The first kappa shape index (κ1) is 14.1. The highest BCUT2D eigenvalue weighted by Gasteiger charge is 2.14. The van der Waals surface area contributed by atoms with Crippen molar-refractivity contribution in [1.29, 1.82) is 0 Å². The Morgan fingerprint density at radius 3 is 2.50 bits per heavy atom. The van der Waals surface area contributed by atoms with Gasteiger partial charge in [-0.25, -0.2) is 4.98 Å². The van der Waals surface area contributed by atoms with E-state index in [1.807, 2.05) is 18.2 Å². The molecule has 3 nitrogen and oxygen atoms in total. The Bertz CT molecular complexity index is 666. The lowest BCUT2D eigenvalue weighted by molar-refractivity contribution is 0.171. The Morgan fingerprint density at radius 1 is 0.950 bits per heavy atom. The van der Waals surface area contributed by atoms with E-state index in [0.717, 1.165) is 16.4 Å².